The highest BCUT2D eigenvalue weighted by atomic mass is 32.2. The van der Waals surface area contributed by atoms with Crippen molar-refractivity contribution in [1.29, 1.82) is 0 Å². The summed E-state index contributed by atoms with van der Waals surface area (Å²) in [4.78, 5) is 36.9. The molecule has 11 nitrogen and oxygen atoms in total. The molecule has 2 aliphatic heterocycles. The van der Waals surface area contributed by atoms with Crippen LogP contribution in [0.5, 0.6) is 5.88 Å². The molecule has 3 heterocycles. The maximum absolute atomic E-state index is 12.8. The SMILES string of the molecule is CC1(OC(=O)N2CCC(COc3cnc(N4CCN(S(=O)(=O)CC5CCCC5)CC4=O)cn3)CC2)CC1. The van der Waals surface area contributed by atoms with Gasteiger partial charge >= 0.3 is 6.09 Å². The number of carbonyl (C=O) groups excluding carboxylic acids is 2. The van der Waals surface area contributed by atoms with Gasteiger partial charge in [0.1, 0.15) is 5.60 Å². The standard InChI is InChI=1S/C25H37N5O6S/c1-25(8-9-25)36-24(32)28-10-6-19(7-11-28)17-35-22-15-26-21(14-27-22)30-13-12-29(16-23(30)31)37(33,34)18-20-4-2-3-5-20/h14-15,19-20H,2-13,16-18H2,1H3. The summed E-state index contributed by atoms with van der Waals surface area (Å²) in [6, 6.07) is 0. The van der Waals surface area contributed by atoms with Crippen LogP contribution in [-0.2, 0) is 19.6 Å². The van der Waals surface area contributed by atoms with Gasteiger partial charge in [0, 0.05) is 26.2 Å². The molecule has 5 rings (SSSR count). The van der Waals surface area contributed by atoms with Gasteiger partial charge in [-0.1, -0.05) is 12.8 Å². The molecule has 1 aromatic rings. The molecule has 4 fully saturated rings. The van der Waals surface area contributed by atoms with Gasteiger partial charge in [0.15, 0.2) is 5.82 Å². The van der Waals surface area contributed by atoms with Crippen LogP contribution in [0, 0.1) is 11.8 Å². The maximum Gasteiger partial charge on any atom is 0.410 e. The van der Waals surface area contributed by atoms with E-state index < -0.39 is 10.0 Å². The summed E-state index contributed by atoms with van der Waals surface area (Å²) in [7, 11) is -3.44. The monoisotopic (exact) mass is 535 g/mol. The van der Waals surface area contributed by atoms with Crippen LogP contribution in [0.1, 0.15) is 58.3 Å². The van der Waals surface area contributed by atoms with Gasteiger partial charge in [0.25, 0.3) is 0 Å². The molecule has 0 radical (unpaired) electrons. The Bertz CT molecular complexity index is 1080. The lowest BCUT2D eigenvalue weighted by Crippen LogP contribution is -2.53. The highest BCUT2D eigenvalue weighted by molar-refractivity contribution is 7.89. The zero-order chi connectivity index (χ0) is 26.0. The lowest BCUT2D eigenvalue weighted by atomic mass is 9.98. The molecule has 0 N–H and O–H groups in total. The zero-order valence-electron chi connectivity index (χ0n) is 21.5. The first-order valence-corrected chi connectivity index (χ1v) is 15.0. The van der Waals surface area contributed by atoms with E-state index in [0.29, 0.717) is 37.3 Å². The number of piperidine rings is 1. The third-order valence-corrected chi connectivity index (χ3v) is 10.0. The van der Waals surface area contributed by atoms with Crippen molar-refractivity contribution in [3.8, 4) is 5.88 Å². The number of aromatic nitrogens is 2. The summed E-state index contributed by atoms with van der Waals surface area (Å²) in [6.07, 6.45) is 10.4. The van der Waals surface area contributed by atoms with Gasteiger partial charge in [-0.3, -0.25) is 9.69 Å². The molecular weight excluding hydrogens is 498 g/mol. The number of amides is 2. The molecule has 4 aliphatic rings. The predicted octanol–water partition coefficient (Wildman–Crippen LogP) is 2.43. The van der Waals surface area contributed by atoms with Crippen molar-refractivity contribution in [3.05, 3.63) is 12.4 Å². The number of ether oxygens (including phenoxy) is 2. The molecule has 204 valence electrons. The summed E-state index contributed by atoms with van der Waals surface area (Å²) in [5.41, 5.74) is -0.257. The van der Waals surface area contributed by atoms with Gasteiger partial charge in [-0.25, -0.2) is 23.2 Å². The molecule has 0 spiro atoms. The van der Waals surface area contributed by atoms with Crippen molar-refractivity contribution in [1.82, 2.24) is 19.2 Å². The number of hydrogen-bond acceptors (Lipinski definition) is 8. The number of piperazine rings is 1. The summed E-state index contributed by atoms with van der Waals surface area (Å²) in [5, 5.41) is 0. The second-order valence-electron chi connectivity index (χ2n) is 11.1. The topological polar surface area (TPSA) is 122 Å². The molecule has 0 unspecified atom stereocenters. The van der Waals surface area contributed by atoms with Gasteiger partial charge in [0.05, 0.1) is 31.3 Å². The fourth-order valence-electron chi connectivity index (χ4n) is 5.27. The van der Waals surface area contributed by atoms with E-state index in [1.165, 1.54) is 21.6 Å². The zero-order valence-corrected chi connectivity index (χ0v) is 22.3. The summed E-state index contributed by atoms with van der Waals surface area (Å²) < 4.78 is 38.2. The van der Waals surface area contributed by atoms with Crippen LogP contribution in [0.25, 0.3) is 0 Å². The van der Waals surface area contributed by atoms with Gasteiger partial charge in [0.2, 0.25) is 21.8 Å². The minimum Gasteiger partial charge on any atom is -0.476 e. The molecule has 1 aromatic heterocycles. The van der Waals surface area contributed by atoms with E-state index in [-0.39, 0.29) is 48.9 Å². The fourth-order valence-corrected chi connectivity index (χ4v) is 7.08. The Morgan fingerprint density at radius 1 is 1.03 bits per heavy atom. The number of carbonyl (C=O) groups is 2. The average molecular weight is 536 g/mol. The van der Waals surface area contributed by atoms with Crippen LogP contribution in [-0.4, -0.2) is 90.3 Å². The Kier molecular flexibility index (Phi) is 7.58. The van der Waals surface area contributed by atoms with Crippen molar-refractivity contribution >= 4 is 27.8 Å². The Morgan fingerprint density at radius 3 is 2.38 bits per heavy atom. The van der Waals surface area contributed by atoms with Crippen LogP contribution in [0.4, 0.5) is 10.6 Å². The molecule has 2 aliphatic carbocycles. The highest BCUT2D eigenvalue weighted by Crippen LogP contribution is 2.39. The van der Waals surface area contributed by atoms with Gasteiger partial charge in [-0.2, -0.15) is 4.31 Å². The molecule has 0 atom stereocenters. The summed E-state index contributed by atoms with van der Waals surface area (Å²) in [6.45, 7) is 4.08. The lowest BCUT2D eigenvalue weighted by Gasteiger charge is -2.33. The number of sulfonamides is 1. The van der Waals surface area contributed by atoms with Crippen molar-refractivity contribution in [2.75, 3.05) is 50.0 Å². The molecule has 0 bridgehead atoms. The quantitative estimate of drug-likeness (QED) is 0.497. The van der Waals surface area contributed by atoms with E-state index in [1.807, 2.05) is 6.92 Å². The largest absolute Gasteiger partial charge is 0.476 e. The average Bonchev–Trinajstić information content (AvgIpc) is 3.38. The third-order valence-electron chi connectivity index (χ3n) is 8.02. The fraction of sp³-hybridized carbons (Fsp3) is 0.760. The van der Waals surface area contributed by atoms with Crippen molar-refractivity contribution in [3.63, 3.8) is 0 Å². The molecule has 12 heteroatoms. The van der Waals surface area contributed by atoms with Gasteiger partial charge in [-0.15, -0.1) is 0 Å². The Labute approximate surface area is 218 Å². The second kappa shape index (κ2) is 10.7. The molecule has 37 heavy (non-hydrogen) atoms. The Balaban J connectivity index is 1.06. The first kappa shape index (κ1) is 26.1. The molecular formula is C25H37N5O6S. The molecule has 2 saturated carbocycles. The first-order valence-electron chi connectivity index (χ1n) is 13.4. The minimum absolute atomic E-state index is 0.134. The number of rotatable bonds is 8. The normalized spacial score (nSPS) is 23.3. The lowest BCUT2D eigenvalue weighted by molar-refractivity contribution is -0.120. The smallest absolute Gasteiger partial charge is 0.410 e. The van der Waals surface area contributed by atoms with E-state index in [1.54, 1.807) is 4.90 Å². The molecule has 0 aromatic carbocycles. The van der Waals surface area contributed by atoms with Crippen LogP contribution in [0.15, 0.2) is 12.4 Å². The van der Waals surface area contributed by atoms with E-state index in [2.05, 4.69) is 9.97 Å². The van der Waals surface area contributed by atoms with Crippen LogP contribution < -0.4 is 9.64 Å². The third kappa shape index (κ3) is 6.51. The van der Waals surface area contributed by atoms with Gasteiger partial charge < -0.3 is 14.4 Å². The minimum atomic E-state index is -3.44. The number of likely N-dealkylation sites (tertiary alicyclic amines) is 1. The van der Waals surface area contributed by atoms with E-state index in [9.17, 15) is 18.0 Å². The second-order valence-corrected chi connectivity index (χ2v) is 13.1. The van der Waals surface area contributed by atoms with Crippen LogP contribution in [0.3, 0.4) is 0 Å². The van der Waals surface area contributed by atoms with Crippen LogP contribution >= 0.6 is 0 Å². The molecule has 2 saturated heterocycles. The van der Waals surface area contributed by atoms with Crippen molar-refractivity contribution in [2.45, 2.75) is 63.9 Å². The number of nitrogens with zero attached hydrogens (tertiary/aromatic N) is 5. The number of anilines is 1. The Morgan fingerprint density at radius 2 is 1.76 bits per heavy atom. The van der Waals surface area contributed by atoms with Gasteiger partial charge in [-0.05, 0) is 57.3 Å². The summed E-state index contributed by atoms with van der Waals surface area (Å²) in [5.74, 6) is 1.11. The van der Waals surface area contributed by atoms with Crippen molar-refractivity contribution in [2.24, 2.45) is 11.8 Å². The van der Waals surface area contributed by atoms with E-state index >= 15 is 0 Å². The summed E-state index contributed by atoms with van der Waals surface area (Å²) >= 11 is 0. The molecule has 2 amide bonds. The maximum atomic E-state index is 12.8. The first-order chi connectivity index (χ1) is 17.7. The van der Waals surface area contributed by atoms with Crippen molar-refractivity contribution < 1.29 is 27.5 Å². The van der Waals surface area contributed by atoms with E-state index in [4.69, 9.17) is 9.47 Å². The van der Waals surface area contributed by atoms with E-state index in [0.717, 1.165) is 51.4 Å². The van der Waals surface area contributed by atoms with Crippen LogP contribution in [0.2, 0.25) is 0 Å². The highest BCUT2D eigenvalue weighted by Gasteiger charge is 2.43. The predicted molar refractivity (Wildman–Crippen MR) is 136 cm³/mol. The Hall–Kier alpha value is -2.47. The number of hydrogen-bond donors (Lipinski definition) is 0.